The van der Waals surface area contributed by atoms with E-state index in [0.717, 1.165) is 16.7 Å². The van der Waals surface area contributed by atoms with Crippen LogP contribution in [0.4, 0.5) is 13.2 Å². The highest BCUT2D eigenvalue weighted by Crippen LogP contribution is 2.14. The van der Waals surface area contributed by atoms with Gasteiger partial charge in [0.25, 0.3) is 11.5 Å². The summed E-state index contributed by atoms with van der Waals surface area (Å²) in [5.74, 6) is -2.74. The van der Waals surface area contributed by atoms with E-state index in [4.69, 9.17) is 6.42 Å². The number of hydrogen-bond acceptors (Lipinski definition) is 2. The fourth-order valence-corrected chi connectivity index (χ4v) is 1.96. The van der Waals surface area contributed by atoms with Crippen LogP contribution in [0.5, 0.6) is 0 Å². The zero-order chi connectivity index (χ0) is 17.0. The van der Waals surface area contributed by atoms with E-state index in [9.17, 15) is 22.8 Å². The topological polar surface area (TPSA) is 51.1 Å². The molecule has 1 aromatic heterocycles. The second-order valence-corrected chi connectivity index (χ2v) is 4.62. The number of benzene rings is 1. The van der Waals surface area contributed by atoms with Gasteiger partial charge in [-0.25, -0.2) is 13.2 Å². The van der Waals surface area contributed by atoms with Crippen LogP contribution < -0.4 is 10.9 Å². The molecule has 7 heteroatoms. The average Bonchev–Trinajstić information content (AvgIpc) is 2.52. The first-order valence-corrected chi connectivity index (χ1v) is 6.48. The number of nitrogens with zero attached hydrogens (tertiary/aromatic N) is 1. The number of hydrogen-bond donors (Lipinski definition) is 1. The Hall–Kier alpha value is -3.01. The molecule has 1 aromatic carbocycles. The quantitative estimate of drug-likeness (QED) is 0.688. The molecule has 118 valence electrons. The number of amides is 1. The van der Waals surface area contributed by atoms with Crippen molar-refractivity contribution in [2.75, 3.05) is 6.54 Å². The highest BCUT2D eigenvalue weighted by Gasteiger charge is 2.14. The lowest BCUT2D eigenvalue weighted by Gasteiger charge is -2.09. The predicted molar refractivity (Wildman–Crippen MR) is 77.3 cm³/mol. The van der Waals surface area contributed by atoms with Crippen LogP contribution in [0.3, 0.4) is 0 Å². The lowest BCUT2D eigenvalue weighted by atomic mass is 10.2. The van der Waals surface area contributed by atoms with Crippen LogP contribution in [0.25, 0.3) is 0 Å². The molecule has 0 aliphatic heterocycles. The van der Waals surface area contributed by atoms with E-state index in [1.165, 1.54) is 18.3 Å². The zero-order valence-corrected chi connectivity index (χ0v) is 11.8. The van der Waals surface area contributed by atoms with Crippen molar-refractivity contribution in [3.8, 4) is 12.3 Å². The fourth-order valence-electron chi connectivity index (χ4n) is 1.96. The largest absolute Gasteiger partial charge is 0.341 e. The number of rotatable bonds is 4. The van der Waals surface area contributed by atoms with Crippen LogP contribution in [-0.4, -0.2) is 17.0 Å². The van der Waals surface area contributed by atoms with Crippen LogP contribution in [0.15, 0.2) is 35.3 Å². The van der Waals surface area contributed by atoms with E-state index in [1.54, 1.807) is 0 Å². The molecular weight excluding hydrogens is 309 g/mol. The van der Waals surface area contributed by atoms with E-state index in [-0.39, 0.29) is 24.2 Å². The van der Waals surface area contributed by atoms with Gasteiger partial charge >= 0.3 is 0 Å². The van der Waals surface area contributed by atoms with Crippen LogP contribution in [0.1, 0.15) is 15.9 Å². The van der Waals surface area contributed by atoms with Crippen molar-refractivity contribution < 1.29 is 18.0 Å². The molecule has 0 aliphatic rings. The molecule has 0 fully saturated rings. The Labute approximate surface area is 129 Å². The molecule has 1 N–H and O–H groups in total. The number of terminal acetylenes is 1. The molecule has 2 rings (SSSR count). The molecule has 0 radical (unpaired) electrons. The molecule has 0 saturated carbocycles. The maximum Gasteiger partial charge on any atom is 0.263 e. The van der Waals surface area contributed by atoms with Crippen molar-refractivity contribution in [1.82, 2.24) is 9.88 Å². The molecule has 1 heterocycles. The summed E-state index contributed by atoms with van der Waals surface area (Å²) in [7, 11) is 0. The number of halogens is 3. The van der Waals surface area contributed by atoms with Crippen molar-refractivity contribution in [3.05, 3.63) is 69.4 Å². The molecule has 0 aliphatic carbocycles. The van der Waals surface area contributed by atoms with Crippen molar-refractivity contribution in [1.29, 1.82) is 0 Å². The number of nitrogens with one attached hydrogen (secondary N) is 1. The van der Waals surface area contributed by atoms with Gasteiger partial charge in [-0.15, -0.1) is 6.42 Å². The second kappa shape index (κ2) is 6.83. The van der Waals surface area contributed by atoms with Gasteiger partial charge in [0.15, 0.2) is 17.5 Å². The molecule has 4 nitrogen and oxygen atoms in total. The van der Waals surface area contributed by atoms with E-state index in [2.05, 4.69) is 11.2 Å². The first-order chi connectivity index (χ1) is 10.9. The van der Waals surface area contributed by atoms with Gasteiger partial charge in [-0.05, 0) is 29.8 Å². The molecule has 0 saturated heterocycles. The van der Waals surface area contributed by atoms with Gasteiger partial charge in [0.2, 0.25) is 0 Å². The molecule has 23 heavy (non-hydrogen) atoms. The Bertz CT molecular complexity index is 830. The first-order valence-electron chi connectivity index (χ1n) is 6.48. The third-order valence-corrected chi connectivity index (χ3v) is 3.01. The molecule has 0 bridgehead atoms. The monoisotopic (exact) mass is 320 g/mol. The standard InChI is InChI=1S/C16H11F3N2O2/c1-2-5-20-15(22)11-4-3-6-21(16(11)23)9-10-7-12(17)14(19)13(18)8-10/h1,3-4,6-8H,5,9H2,(H,20,22). The van der Waals surface area contributed by atoms with Crippen molar-refractivity contribution in [2.45, 2.75) is 6.54 Å². The molecular formula is C16H11F3N2O2. The van der Waals surface area contributed by atoms with Crippen LogP contribution in [-0.2, 0) is 6.54 Å². The SMILES string of the molecule is C#CCNC(=O)c1cccn(Cc2cc(F)c(F)c(F)c2)c1=O. The predicted octanol–water partition coefficient (Wildman–Crippen LogP) is 1.68. The summed E-state index contributed by atoms with van der Waals surface area (Å²) in [6, 6.07) is 4.31. The summed E-state index contributed by atoms with van der Waals surface area (Å²) < 4.78 is 40.4. The summed E-state index contributed by atoms with van der Waals surface area (Å²) in [6.45, 7) is -0.259. The number of pyridine rings is 1. The summed E-state index contributed by atoms with van der Waals surface area (Å²) in [5.41, 5.74) is -0.775. The van der Waals surface area contributed by atoms with Gasteiger partial charge in [0, 0.05) is 6.20 Å². The van der Waals surface area contributed by atoms with E-state index in [1.807, 2.05) is 0 Å². The number of carbonyl (C=O) groups excluding carboxylic acids is 1. The third-order valence-electron chi connectivity index (χ3n) is 3.01. The van der Waals surface area contributed by atoms with E-state index in [0.29, 0.717) is 0 Å². The molecule has 2 aromatic rings. The zero-order valence-electron chi connectivity index (χ0n) is 11.8. The van der Waals surface area contributed by atoms with Crippen LogP contribution in [0, 0.1) is 29.8 Å². The van der Waals surface area contributed by atoms with Crippen molar-refractivity contribution in [3.63, 3.8) is 0 Å². The third kappa shape index (κ3) is 3.61. The maximum absolute atomic E-state index is 13.2. The highest BCUT2D eigenvalue weighted by atomic mass is 19.2. The van der Waals surface area contributed by atoms with E-state index >= 15 is 0 Å². The summed E-state index contributed by atoms with van der Waals surface area (Å²) in [6.07, 6.45) is 6.36. The van der Waals surface area contributed by atoms with Crippen molar-refractivity contribution in [2.24, 2.45) is 0 Å². The number of aromatic nitrogens is 1. The van der Waals surface area contributed by atoms with Crippen LogP contribution >= 0.6 is 0 Å². The fraction of sp³-hybridized carbons (Fsp3) is 0.125. The molecule has 0 spiro atoms. The Morgan fingerprint density at radius 2 is 1.91 bits per heavy atom. The van der Waals surface area contributed by atoms with Gasteiger partial charge in [-0.2, -0.15) is 0 Å². The van der Waals surface area contributed by atoms with Gasteiger partial charge in [0.1, 0.15) is 5.56 Å². The lowest BCUT2D eigenvalue weighted by Crippen LogP contribution is -2.33. The minimum atomic E-state index is -1.58. The Morgan fingerprint density at radius 1 is 1.26 bits per heavy atom. The highest BCUT2D eigenvalue weighted by molar-refractivity contribution is 5.93. The molecule has 1 amide bonds. The molecule has 0 atom stereocenters. The summed E-state index contributed by atoms with van der Waals surface area (Å²) in [4.78, 5) is 24.0. The normalized spacial score (nSPS) is 10.2. The summed E-state index contributed by atoms with van der Waals surface area (Å²) in [5, 5.41) is 2.35. The van der Waals surface area contributed by atoms with Gasteiger partial charge in [-0.3, -0.25) is 9.59 Å². The Kier molecular flexibility index (Phi) is 4.86. The average molecular weight is 320 g/mol. The smallest absolute Gasteiger partial charge is 0.263 e. The first kappa shape index (κ1) is 16.4. The van der Waals surface area contributed by atoms with Crippen molar-refractivity contribution >= 4 is 5.91 Å². The lowest BCUT2D eigenvalue weighted by molar-refractivity contribution is 0.0956. The van der Waals surface area contributed by atoms with Gasteiger partial charge < -0.3 is 9.88 Å². The Balaban J connectivity index is 2.33. The minimum absolute atomic E-state index is 0.0401. The Morgan fingerprint density at radius 3 is 2.52 bits per heavy atom. The maximum atomic E-state index is 13.2. The molecule has 0 unspecified atom stereocenters. The number of carbonyl (C=O) groups is 1. The minimum Gasteiger partial charge on any atom is -0.341 e. The second-order valence-electron chi connectivity index (χ2n) is 4.62. The van der Waals surface area contributed by atoms with Gasteiger partial charge in [-0.1, -0.05) is 5.92 Å². The van der Waals surface area contributed by atoms with E-state index < -0.39 is 28.9 Å². The van der Waals surface area contributed by atoms with Crippen LogP contribution in [0.2, 0.25) is 0 Å². The summed E-state index contributed by atoms with van der Waals surface area (Å²) >= 11 is 0. The van der Waals surface area contributed by atoms with Gasteiger partial charge in [0.05, 0.1) is 13.1 Å².